The molecule has 1 atom stereocenters. The molecule has 0 saturated carbocycles. The van der Waals surface area contributed by atoms with Gasteiger partial charge < -0.3 is 19.9 Å². The van der Waals surface area contributed by atoms with Crippen LogP contribution in [0.2, 0.25) is 0 Å². The fourth-order valence-electron chi connectivity index (χ4n) is 3.16. The Morgan fingerprint density at radius 3 is 2.56 bits per heavy atom. The van der Waals surface area contributed by atoms with Crippen molar-refractivity contribution < 1.29 is 14.4 Å². The van der Waals surface area contributed by atoms with Crippen molar-refractivity contribution >= 4 is 5.91 Å². The molecule has 4 aromatic rings. The first-order chi connectivity index (χ1) is 15.5. The van der Waals surface area contributed by atoms with Gasteiger partial charge in [-0.3, -0.25) is 9.78 Å². The molecule has 4 rings (SSSR count). The summed E-state index contributed by atoms with van der Waals surface area (Å²) in [6.45, 7) is 2.13. The standard InChI is InChI=1S/C24H21N5O3/c1-16(30)24-26-10-11-29(24)15-21-12-22(32-28-21)19-7-4-17(5-8-19)2-3-18-6-9-20(27-14-18)13-23(25)31/h4-12,14,16,30H,13,15H2,1H3,(H2,25,31)/t16-/m0/s1. The molecule has 0 aliphatic carbocycles. The smallest absolute Gasteiger partial charge is 0.223 e. The van der Waals surface area contributed by atoms with Crippen LogP contribution in [-0.4, -0.2) is 30.7 Å². The molecular formula is C24H21N5O3. The van der Waals surface area contributed by atoms with Gasteiger partial charge >= 0.3 is 0 Å². The topological polar surface area (TPSA) is 120 Å². The summed E-state index contributed by atoms with van der Waals surface area (Å²) in [5.41, 5.74) is 8.99. The summed E-state index contributed by atoms with van der Waals surface area (Å²) in [5, 5.41) is 13.9. The lowest BCUT2D eigenvalue weighted by atomic mass is 10.1. The van der Waals surface area contributed by atoms with E-state index in [4.69, 9.17) is 10.3 Å². The van der Waals surface area contributed by atoms with Crippen LogP contribution in [0.4, 0.5) is 0 Å². The first kappa shape index (κ1) is 21.0. The number of primary amides is 1. The zero-order valence-electron chi connectivity index (χ0n) is 17.4. The first-order valence-corrected chi connectivity index (χ1v) is 9.98. The Balaban J connectivity index is 1.43. The minimum Gasteiger partial charge on any atom is -0.385 e. The number of nitrogens with two attached hydrogens (primary N) is 1. The summed E-state index contributed by atoms with van der Waals surface area (Å²) in [6.07, 6.45) is 4.52. The van der Waals surface area contributed by atoms with E-state index in [0.717, 1.165) is 22.4 Å². The number of benzene rings is 1. The quantitative estimate of drug-likeness (QED) is 0.456. The molecule has 3 heterocycles. The zero-order valence-corrected chi connectivity index (χ0v) is 17.4. The van der Waals surface area contributed by atoms with E-state index in [9.17, 15) is 9.90 Å². The van der Waals surface area contributed by atoms with E-state index < -0.39 is 12.0 Å². The molecule has 0 spiro atoms. The molecule has 3 N–H and O–H groups in total. The van der Waals surface area contributed by atoms with Gasteiger partial charge in [-0.25, -0.2) is 4.98 Å². The molecular weight excluding hydrogens is 406 g/mol. The van der Waals surface area contributed by atoms with Gasteiger partial charge in [0.2, 0.25) is 5.91 Å². The van der Waals surface area contributed by atoms with Gasteiger partial charge in [-0.15, -0.1) is 0 Å². The molecule has 0 saturated heterocycles. The normalized spacial score (nSPS) is 11.6. The lowest BCUT2D eigenvalue weighted by Crippen LogP contribution is -2.14. The van der Waals surface area contributed by atoms with Crippen LogP contribution in [0, 0.1) is 11.8 Å². The molecule has 1 aromatic carbocycles. The van der Waals surface area contributed by atoms with Crippen LogP contribution in [0.1, 0.15) is 41.4 Å². The average Bonchev–Trinajstić information content (AvgIpc) is 3.43. The maximum absolute atomic E-state index is 10.9. The number of aliphatic hydroxyl groups is 1. The third-order valence-electron chi connectivity index (χ3n) is 4.71. The minimum absolute atomic E-state index is 0.114. The summed E-state index contributed by atoms with van der Waals surface area (Å²) in [7, 11) is 0. The Labute approximate surface area is 184 Å². The fourth-order valence-corrected chi connectivity index (χ4v) is 3.16. The van der Waals surface area contributed by atoms with Crippen molar-refractivity contribution in [2.45, 2.75) is 26.0 Å². The summed E-state index contributed by atoms with van der Waals surface area (Å²) in [6, 6.07) is 13.1. The number of hydrogen-bond acceptors (Lipinski definition) is 6. The van der Waals surface area contributed by atoms with Crippen molar-refractivity contribution in [1.29, 1.82) is 0 Å². The number of carbonyl (C=O) groups is 1. The second-order valence-corrected chi connectivity index (χ2v) is 7.28. The van der Waals surface area contributed by atoms with Crippen LogP contribution < -0.4 is 5.73 Å². The molecule has 8 nitrogen and oxygen atoms in total. The highest BCUT2D eigenvalue weighted by Gasteiger charge is 2.12. The van der Waals surface area contributed by atoms with Crippen LogP contribution >= 0.6 is 0 Å². The van der Waals surface area contributed by atoms with Crippen LogP contribution in [0.15, 0.2) is 65.6 Å². The van der Waals surface area contributed by atoms with Crippen molar-refractivity contribution in [2.24, 2.45) is 5.73 Å². The number of carbonyl (C=O) groups excluding carboxylic acids is 1. The van der Waals surface area contributed by atoms with Crippen LogP contribution in [0.25, 0.3) is 11.3 Å². The van der Waals surface area contributed by atoms with Crippen molar-refractivity contribution in [3.8, 4) is 23.2 Å². The monoisotopic (exact) mass is 427 g/mol. The lowest BCUT2D eigenvalue weighted by Gasteiger charge is -2.07. The largest absolute Gasteiger partial charge is 0.385 e. The molecule has 0 fully saturated rings. The van der Waals surface area contributed by atoms with E-state index in [0.29, 0.717) is 23.8 Å². The van der Waals surface area contributed by atoms with E-state index in [1.54, 1.807) is 31.6 Å². The third kappa shape index (κ3) is 5.09. The van der Waals surface area contributed by atoms with Gasteiger partial charge in [0.25, 0.3) is 0 Å². The molecule has 3 aromatic heterocycles. The number of amides is 1. The van der Waals surface area contributed by atoms with Gasteiger partial charge in [0.15, 0.2) is 5.76 Å². The summed E-state index contributed by atoms with van der Waals surface area (Å²) < 4.78 is 7.32. The molecule has 8 heteroatoms. The van der Waals surface area contributed by atoms with Crippen molar-refractivity contribution in [1.82, 2.24) is 19.7 Å². The highest BCUT2D eigenvalue weighted by molar-refractivity contribution is 5.76. The number of nitrogens with zero attached hydrogens (tertiary/aromatic N) is 4. The number of pyridine rings is 1. The Hall–Kier alpha value is -4.22. The van der Waals surface area contributed by atoms with Gasteiger partial charge in [0.05, 0.1) is 13.0 Å². The SMILES string of the molecule is C[C@H](O)c1nccn1Cc1cc(-c2ccc(C#Cc3ccc(CC(N)=O)nc3)cc2)on1. The van der Waals surface area contributed by atoms with Gasteiger partial charge in [-0.05, 0) is 43.3 Å². The van der Waals surface area contributed by atoms with Gasteiger partial charge in [-0.2, -0.15) is 0 Å². The maximum Gasteiger partial charge on any atom is 0.223 e. The number of rotatable bonds is 6. The average molecular weight is 427 g/mol. The van der Waals surface area contributed by atoms with Gasteiger partial charge in [0.1, 0.15) is 17.6 Å². The summed E-state index contributed by atoms with van der Waals surface area (Å²) >= 11 is 0. The second-order valence-electron chi connectivity index (χ2n) is 7.28. The molecule has 160 valence electrons. The fraction of sp³-hybridized carbons (Fsp3) is 0.167. The lowest BCUT2D eigenvalue weighted by molar-refractivity contribution is -0.117. The highest BCUT2D eigenvalue weighted by Crippen LogP contribution is 2.22. The molecule has 1 amide bonds. The zero-order chi connectivity index (χ0) is 22.5. The van der Waals surface area contributed by atoms with Gasteiger partial charge in [0, 0.05) is 47.0 Å². The Bertz CT molecular complexity index is 1280. The Morgan fingerprint density at radius 1 is 1.12 bits per heavy atom. The number of aliphatic hydroxyl groups excluding tert-OH is 1. The predicted octanol–water partition coefficient (Wildman–Crippen LogP) is 2.46. The first-order valence-electron chi connectivity index (χ1n) is 9.98. The number of hydrogen-bond donors (Lipinski definition) is 2. The molecule has 0 bridgehead atoms. The number of aromatic nitrogens is 4. The second kappa shape index (κ2) is 9.29. The van der Waals surface area contributed by atoms with Crippen molar-refractivity contribution in [3.63, 3.8) is 0 Å². The molecule has 0 aliphatic heterocycles. The van der Waals surface area contributed by atoms with E-state index in [1.165, 1.54) is 0 Å². The molecule has 0 unspecified atom stereocenters. The predicted molar refractivity (Wildman–Crippen MR) is 117 cm³/mol. The van der Waals surface area contributed by atoms with E-state index in [2.05, 4.69) is 27.0 Å². The number of imidazole rings is 1. The van der Waals surface area contributed by atoms with Crippen LogP contribution in [-0.2, 0) is 17.8 Å². The van der Waals surface area contributed by atoms with E-state index in [-0.39, 0.29) is 6.42 Å². The Morgan fingerprint density at radius 2 is 1.88 bits per heavy atom. The summed E-state index contributed by atoms with van der Waals surface area (Å²) in [4.78, 5) is 19.3. The van der Waals surface area contributed by atoms with Crippen molar-refractivity contribution in [3.05, 3.63) is 89.4 Å². The molecule has 0 radical (unpaired) electrons. The third-order valence-corrected chi connectivity index (χ3v) is 4.71. The minimum atomic E-state index is -0.658. The molecule has 0 aliphatic rings. The Kier molecular flexibility index (Phi) is 6.10. The summed E-state index contributed by atoms with van der Waals surface area (Å²) in [5.74, 6) is 6.95. The molecule has 32 heavy (non-hydrogen) atoms. The van der Waals surface area contributed by atoms with E-state index >= 15 is 0 Å². The highest BCUT2D eigenvalue weighted by atomic mass is 16.5. The van der Waals surface area contributed by atoms with Crippen molar-refractivity contribution in [2.75, 3.05) is 0 Å². The van der Waals surface area contributed by atoms with Crippen LogP contribution in [0.5, 0.6) is 0 Å². The van der Waals surface area contributed by atoms with E-state index in [1.807, 2.05) is 41.0 Å². The van der Waals surface area contributed by atoms with Crippen LogP contribution in [0.3, 0.4) is 0 Å². The van der Waals surface area contributed by atoms with Gasteiger partial charge in [-0.1, -0.05) is 17.0 Å². The maximum atomic E-state index is 10.9.